The van der Waals surface area contributed by atoms with Gasteiger partial charge in [-0.15, -0.1) is 0 Å². The molecule has 0 saturated carbocycles. The average molecular weight is 531 g/mol. The SMILES string of the molecule is NC(N)=Nc1ccc(CN(C(=O)OCc2ccccc2)P(=O)(Oc2ccccc2)Oc2ccccc2)cc1. The van der Waals surface area contributed by atoms with Crippen LogP contribution in [0.25, 0.3) is 0 Å². The fraction of sp³-hybridized carbons (Fsp3) is 0.0714. The predicted octanol–water partition coefficient (Wildman–Crippen LogP) is 6.00. The van der Waals surface area contributed by atoms with Gasteiger partial charge < -0.3 is 25.3 Å². The van der Waals surface area contributed by atoms with Crippen LogP contribution in [0.3, 0.4) is 0 Å². The molecular formula is C28H27N4O5P. The predicted molar refractivity (Wildman–Crippen MR) is 146 cm³/mol. The molecule has 194 valence electrons. The van der Waals surface area contributed by atoms with E-state index in [4.69, 9.17) is 25.3 Å². The van der Waals surface area contributed by atoms with Crippen LogP contribution in [0.15, 0.2) is 120 Å². The number of ether oxygens (including phenoxy) is 1. The van der Waals surface area contributed by atoms with Crippen LogP contribution < -0.4 is 20.5 Å². The first-order valence-corrected chi connectivity index (χ1v) is 13.2. The minimum Gasteiger partial charge on any atom is -0.444 e. The highest BCUT2D eigenvalue weighted by molar-refractivity contribution is 7.52. The Kier molecular flexibility index (Phi) is 8.64. The van der Waals surface area contributed by atoms with E-state index in [-0.39, 0.29) is 30.6 Å². The highest BCUT2D eigenvalue weighted by Crippen LogP contribution is 2.53. The number of amides is 1. The number of nitrogens with zero attached hydrogens (tertiary/aromatic N) is 2. The number of nitrogens with two attached hydrogens (primary N) is 2. The second-order valence-corrected chi connectivity index (χ2v) is 9.86. The Morgan fingerprint density at radius 2 is 1.21 bits per heavy atom. The Morgan fingerprint density at radius 3 is 1.71 bits per heavy atom. The van der Waals surface area contributed by atoms with Gasteiger partial charge in [0.15, 0.2) is 5.96 Å². The van der Waals surface area contributed by atoms with E-state index in [1.807, 2.05) is 30.3 Å². The Morgan fingerprint density at radius 1 is 0.711 bits per heavy atom. The average Bonchev–Trinajstić information content (AvgIpc) is 2.92. The molecule has 4 rings (SSSR count). The lowest BCUT2D eigenvalue weighted by molar-refractivity contribution is 0.110. The van der Waals surface area contributed by atoms with E-state index >= 15 is 0 Å². The molecule has 1 amide bonds. The molecule has 0 aliphatic rings. The number of hydrogen-bond acceptors (Lipinski definition) is 6. The molecule has 10 heteroatoms. The standard InChI is InChI=1S/C28H27N4O5P/c29-27(30)31-24-18-16-22(17-19-24)20-32(28(33)35-21-23-10-4-1-5-11-23)38(34,36-25-12-6-2-7-13-25)37-26-14-8-3-9-15-26/h1-19H,20-21H2,(H4,29,30,31). The van der Waals surface area contributed by atoms with Crippen LogP contribution in [-0.4, -0.2) is 16.7 Å². The van der Waals surface area contributed by atoms with Crippen LogP contribution in [-0.2, 0) is 22.5 Å². The van der Waals surface area contributed by atoms with Gasteiger partial charge in [-0.05, 0) is 47.5 Å². The first-order chi connectivity index (χ1) is 18.4. The molecule has 0 radical (unpaired) electrons. The fourth-order valence-electron chi connectivity index (χ4n) is 3.39. The van der Waals surface area contributed by atoms with Gasteiger partial charge in [-0.25, -0.2) is 14.4 Å². The summed E-state index contributed by atoms with van der Waals surface area (Å²) in [7, 11) is -4.36. The molecule has 4 aromatic carbocycles. The third kappa shape index (κ3) is 7.38. The van der Waals surface area contributed by atoms with Gasteiger partial charge in [0.25, 0.3) is 0 Å². The van der Waals surface area contributed by atoms with E-state index in [0.717, 1.165) is 10.2 Å². The van der Waals surface area contributed by atoms with Crippen LogP contribution in [0.1, 0.15) is 11.1 Å². The second-order valence-electron chi connectivity index (χ2n) is 8.08. The molecule has 0 aliphatic carbocycles. The van der Waals surface area contributed by atoms with Crippen molar-refractivity contribution < 1.29 is 23.1 Å². The van der Waals surface area contributed by atoms with E-state index < -0.39 is 13.8 Å². The van der Waals surface area contributed by atoms with Crippen molar-refractivity contribution in [3.05, 3.63) is 126 Å². The fourth-order valence-corrected chi connectivity index (χ4v) is 4.99. The van der Waals surface area contributed by atoms with Gasteiger partial charge in [-0.2, -0.15) is 4.67 Å². The molecule has 0 spiro atoms. The molecular weight excluding hydrogens is 503 g/mol. The maximum atomic E-state index is 14.4. The summed E-state index contributed by atoms with van der Waals surface area (Å²) in [5.74, 6) is 0.437. The summed E-state index contributed by atoms with van der Waals surface area (Å²) in [4.78, 5) is 17.5. The van der Waals surface area contributed by atoms with E-state index in [0.29, 0.717) is 11.3 Å². The summed E-state index contributed by atoms with van der Waals surface area (Å²) < 4.78 is 32.8. The van der Waals surface area contributed by atoms with Crippen molar-refractivity contribution in [3.8, 4) is 11.5 Å². The number of carbonyl (C=O) groups is 1. The lowest BCUT2D eigenvalue weighted by Crippen LogP contribution is -2.32. The van der Waals surface area contributed by atoms with Crippen LogP contribution in [0.4, 0.5) is 10.5 Å². The zero-order chi connectivity index (χ0) is 26.8. The van der Waals surface area contributed by atoms with Gasteiger partial charge in [0.1, 0.15) is 18.1 Å². The van der Waals surface area contributed by atoms with Crippen LogP contribution in [0.2, 0.25) is 0 Å². The van der Waals surface area contributed by atoms with Gasteiger partial charge in [0, 0.05) is 0 Å². The van der Waals surface area contributed by atoms with Gasteiger partial charge in [-0.1, -0.05) is 78.9 Å². The molecule has 38 heavy (non-hydrogen) atoms. The molecule has 0 bridgehead atoms. The van der Waals surface area contributed by atoms with Crippen LogP contribution in [0, 0.1) is 0 Å². The third-order valence-corrected chi connectivity index (χ3v) is 6.95. The second kappa shape index (κ2) is 12.5. The Labute approximate surface area is 220 Å². The molecule has 0 saturated heterocycles. The summed E-state index contributed by atoms with van der Waals surface area (Å²) in [5, 5.41) is 0. The third-order valence-electron chi connectivity index (χ3n) is 5.17. The topological polar surface area (TPSA) is 129 Å². The first-order valence-electron chi connectivity index (χ1n) is 11.7. The van der Waals surface area contributed by atoms with Gasteiger partial charge in [0.05, 0.1) is 12.2 Å². The van der Waals surface area contributed by atoms with E-state index in [9.17, 15) is 9.36 Å². The largest absolute Gasteiger partial charge is 0.549 e. The number of aliphatic imine (C=N–C) groups is 1. The smallest absolute Gasteiger partial charge is 0.444 e. The quantitative estimate of drug-likeness (QED) is 0.146. The molecule has 4 N–H and O–H groups in total. The summed E-state index contributed by atoms with van der Waals surface area (Å²) in [6.07, 6.45) is -0.877. The molecule has 0 aromatic heterocycles. The molecule has 4 aromatic rings. The molecule has 0 heterocycles. The molecule has 9 nitrogen and oxygen atoms in total. The van der Waals surface area contributed by atoms with Crippen molar-refractivity contribution in [2.75, 3.05) is 0 Å². The van der Waals surface area contributed by atoms with Crippen molar-refractivity contribution in [1.29, 1.82) is 0 Å². The van der Waals surface area contributed by atoms with E-state index in [1.54, 1.807) is 84.9 Å². The maximum Gasteiger partial charge on any atom is 0.549 e. The minimum atomic E-state index is -4.36. The van der Waals surface area contributed by atoms with Gasteiger partial charge in [0.2, 0.25) is 0 Å². The number of hydrogen-bond donors (Lipinski definition) is 2. The Balaban J connectivity index is 1.69. The summed E-state index contributed by atoms with van der Waals surface area (Å²) in [5.41, 5.74) is 12.8. The van der Waals surface area contributed by atoms with Gasteiger partial charge in [-0.3, -0.25) is 0 Å². The molecule has 0 fully saturated rings. The van der Waals surface area contributed by atoms with E-state index in [2.05, 4.69) is 4.99 Å². The monoisotopic (exact) mass is 530 g/mol. The van der Waals surface area contributed by atoms with Crippen LogP contribution in [0.5, 0.6) is 11.5 Å². The normalized spacial score (nSPS) is 10.7. The highest BCUT2D eigenvalue weighted by Gasteiger charge is 2.42. The number of para-hydroxylation sites is 2. The van der Waals surface area contributed by atoms with Crippen LogP contribution >= 0.6 is 7.75 Å². The summed E-state index contributed by atoms with van der Waals surface area (Å²) in [6.45, 7) is -0.178. The Bertz CT molecular complexity index is 1350. The zero-order valence-corrected chi connectivity index (χ0v) is 21.3. The summed E-state index contributed by atoms with van der Waals surface area (Å²) in [6, 6.07) is 32.9. The lowest BCUT2D eigenvalue weighted by atomic mass is 10.2. The molecule has 0 atom stereocenters. The van der Waals surface area contributed by atoms with Gasteiger partial charge >= 0.3 is 13.8 Å². The van der Waals surface area contributed by atoms with Crippen molar-refractivity contribution in [1.82, 2.24) is 4.67 Å². The van der Waals surface area contributed by atoms with Crippen molar-refractivity contribution in [3.63, 3.8) is 0 Å². The highest BCUT2D eigenvalue weighted by atomic mass is 31.2. The van der Waals surface area contributed by atoms with Crippen molar-refractivity contribution >= 4 is 25.5 Å². The molecule has 0 aliphatic heterocycles. The summed E-state index contributed by atoms with van der Waals surface area (Å²) >= 11 is 0. The zero-order valence-electron chi connectivity index (χ0n) is 20.4. The lowest BCUT2D eigenvalue weighted by Gasteiger charge is -2.29. The number of carbonyl (C=O) groups excluding carboxylic acids is 1. The number of benzene rings is 4. The Hall–Kier alpha value is -4.75. The van der Waals surface area contributed by atoms with E-state index in [1.165, 1.54) is 0 Å². The number of guanidine groups is 1. The number of rotatable bonds is 10. The first kappa shape index (κ1) is 26.3. The minimum absolute atomic E-state index is 0.0315. The maximum absolute atomic E-state index is 14.4. The van der Waals surface area contributed by atoms with Crippen molar-refractivity contribution in [2.24, 2.45) is 16.5 Å². The van der Waals surface area contributed by atoms with Crippen molar-refractivity contribution in [2.45, 2.75) is 13.2 Å². The molecule has 0 unspecified atom stereocenters.